The monoisotopic (exact) mass is 655 g/mol. The number of alkyl halides is 3. The van der Waals surface area contributed by atoms with Crippen molar-refractivity contribution in [3.8, 4) is 16.3 Å². The molecule has 0 saturated carbocycles. The molecule has 4 aromatic rings. The van der Waals surface area contributed by atoms with E-state index in [0.717, 1.165) is 59.3 Å². The van der Waals surface area contributed by atoms with E-state index in [2.05, 4.69) is 41.0 Å². The molecule has 1 saturated heterocycles. The summed E-state index contributed by atoms with van der Waals surface area (Å²) in [6.45, 7) is 10.2. The van der Waals surface area contributed by atoms with Crippen LogP contribution in [0.3, 0.4) is 0 Å². The lowest BCUT2D eigenvalue weighted by atomic mass is 10.1. The second-order valence-corrected chi connectivity index (χ2v) is 13.0. The molecule has 1 aromatic heterocycles. The number of piperazine rings is 1. The number of nitrogens with zero attached hydrogens (tertiary/aromatic N) is 3. The maximum absolute atomic E-state index is 13.2. The van der Waals surface area contributed by atoms with Gasteiger partial charge in [-0.05, 0) is 74.4 Å². The fraction of sp³-hybridized carbons (Fsp3) is 0.353. The van der Waals surface area contributed by atoms with Gasteiger partial charge in [0.2, 0.25) is 0 Å². The summed E-state index contributed by atoms with van der Waals surface area (Å²) >= 11 is 3.20. The van der Waals surface area contributed by atoms with E-state index in [0.29, 0.717) is 35.2 Å². The van der Waals surface area contributed by atoms with E-state index in [-0.39, 0.29) is 6.61 Å². The Hall–Kier alpha value is -3.54. The summed E-state index contributed by atoms with van der Waals surface area (Å²) in [6.07, 6.45) is -4.38. The van der Waals surface area contributed by atoms with Gasteiger partial charge >= 0.3 is 12.1 Å². The Morgan fingerprint density at radius 2 is 1.76 bits per heavy atom. The zero-order valence-electron chi connectivity index (χ0n) is 25.5. The van der Waals surface area contributed by atoms with Crippen molar-refractivity contribution in [2.45, 2.75) is 44.1 Å². The van der Waals surface area contributed by atoms with Gasteiger partial charge < -0.3 is 14.4 Å². The number of thiazole rings is 1. The SMILES string of the molecule is CCOC(=O)COc1ccc(SCc2sc(-c3ccc(C(F)(F)F)cc3)nc2CN2CCN(c3cccc(C)c3)CC2)cc1C. The van der Waals surface area contributed by atoms with E-state index in [4.69, 9.17) is 14.5 Å². The van der Waals surface area contributed by atoms with Crippen LogP contribution in [0.25, 0.3) is 10.6 Å². The van der Waals surface area contributed by atoms with E-state index in [1.807, 2.05) is 25.1 Å². The van der Waals surface area contributed by atoms with Crippen molar-refractivity contribution in [3.63, 3.8) is 0 Å². The van der Waals surface area contributed by atoms with Gasteiger partial charge in [-0.1, -0.05) is 24.3 Å². The van der Waals surface area contributed by atoms with Gasteiger partial charge in [-0.15, -0.1) is 23.1 Å². The summed E-state index contributed by atoms with van der Waals surface area (Å²) in [6, 6.07) is 19.6. The highest BCUT2D eigenvalue weighted by Gasteiger charge is 2.30. The molecule has 0 spiro atoms. The highest BCUT2D eigenvalue weighted by molar-refractivity contribution is 7.98. The molecule has 0 N–H and O–H groups in total. The number of benzene rings is 3. The number of halogens is 3. The Morgan fingerprint density at radius 1 is 1.00 bits per heavy atom. The summed E-state index contributed by atoms with van der Waals surface area (Å²) < 4.78 is 50.1. The van der Waals surface area contributed by atoms with Crippen molar-refractivity contribution < 1.29 is 27.4 Å². The molecule has 0 unspecified atom stereocenters. The lowest BCUT2D eigenvalue weighted by Gasteiger charge is -2.36. The van der Waals surface area contributed by atoms with Crippen LogP contribution in [-0.4, -0.2) is 55.2 Å². The van der Waals surface area contributed by atoms with Gasteiger partial charge in [0.15, 0.2) is 6.61 Å². The minimum Gasteiger partial charge on any atom is -0.482 e. The number of rotatable bonds is 11. The number of hydrogen-bond donors (Lipinski definition) is 0. The van der Waals surface area contributed by atoms with E-state index in [1.54, 1.807) is 18.7 Å². The van der Waals surface area contributed by atoms with Gasteiger partial charge in [0.05, 0.1) is 17.9 Å². The predicted molar refractivity (Wildman–Crippen MR) is 174 cm³/mol. The third kappa shape index (κ3) is 8.80. The van der Waals surface area contributed by atoms with E-state index in [9.17, 15) is 18.0 Å². The lowest BCUT2D eigenvalue weighted by Crippen LogP contribution is -2.46. The largest absolute Gasteiger partial charge is 0.482 e. The van der Waals surface area contributed by atoms with Crippen molar-refractivity contribution in [1.82, 2.24) is 9.88 Å². The van der Waals surface area contributed by atoms with Crippen molar-refractivity contribution in [3.05, 3.63) is 94.0 Å². The first-order chi connectivity index (χ1) is 21.6. The molecule has 0 radical (unpaired) electrons. The maximum atomic E-state index is 13.2. The van der Waals surface area contributed by atoms with Gasteiger partial charge in [0.25, 0.3) is 0 Å². The third-order valence-corrected chi connectivity index (χ3v) is 9.87. The smallest absolute Gasteiger partial charge is 0.416 e. The molecule has 11 heteroatoms. The van der Waals surface area contributed by atoms with Crippen LogP contribution in [0.1, 0.15) is 34.2 Å². The average molecular weight is 656 g/mol. The van der Waals surface area contributed by atoms with Crippen molar-refractivity contribution in [2.24, 2.45) is 0 Å². The van der Waals surface area contributed by atoms with Gasteiger partial charge in [0, 0.05) is 59.5 Å². The summed E-state index contributed by atoms with van der Waals surface area (Å²) in [5.41, 5.74) is 4.34. The quantitative estimate of drug-likeness (QED) is 0.120. The summed E-state index contributed by atoms with van der Waals surface area (Å²) in [5.74, 6) is 0.882. The molecule has 45 heavy (non-hydrogen) atoms. The molecule has 1 aliphatic rings. The molecule has 1 aliphatic heterocycles. The van der Waals surface area contributed by atoms with E-state index < -0.39 is 17.7 Å². The Kier molecular flexibility index (Phi) is 10.7. The Balaban J connectivity index is 1.30. The Labute approximate surface area is 270 Å². The first-order valence-corrected chi connectivity index (χ1v) is 16.6. The fourth-order valence-electron chi connectivity index (χ4n) is 5.11. The first-order valence-electron chi connectivity index (χ1n) is 14.8. The molecule has 0 aliphatic carbocycles. The van der Waals surface area contributed by atoms with Crippen molar-refractivity contribution >= 4 is 34.8 Å². The van der Waals surface area contributed by atoms with Gasteiger partial charge in [-0.2, -0.15) is 13.2 Å². The zero-order valence-corrected chi connectivity index (χ0v) is 27.2. The van der Waals surface area contributed by atoms with Crippen LogP contribution >= 0.6 is 23.1 Å². The molecule has 6 nitrogen and oxygen atoms in total. The maximum Gasteiger partial charge on any atom is 0.416 e. The van der Waals surface area contributed by atoms with Crippen LogP contribution in [-0.2, 0) is 28.0 Å². The lowest BCUT2D eigenvalue weighted by molar-refractivity contribution is -0.145. The standard InChI is InChI=1S/C34H36F3N3O3S2/c1-4-42-32(41)21-43-30-13-12-28(19-24(30)3)44-22-31-29(38-33(45-31)25-8-10-26(11-9-25)34(35,36)37)20-39-14-16-40(17-15-39)27-7-5-6-23(2)18-27/h5-13,18-19H,4,14-17,20-22H2,1-3H3. The van der Waals surface area contributed by atoms with Crippen molar-refractivity contribution in [2.75, 3.05) is 44.3 Å². The minimum atomic E-state index is -4.38. The molecule has 0 bridgehead atoms. The van der Waals surface area contributed by atoms with Crippen LogP contribution in [0.15, 0.2) is 71.6 Å². The molecular weight excluding hydrogens is 620 g/mol. The second-order valence-electron chi connectivity index (χ2n) is 10.9. The molecule has 1 fully saturated rings. The van der Waals surface area contributed by atoms with E-state index in [1.165, 1.54) is 34.7 Å². The van der Waals surface area contributed by atoms with Crippen molar-refractivity contribution in [1.29, 1.82) is 0 Å². The third-order valence-electron chi connectivity index (χ3n) is 7.52. The Morgan fingerprint density at radius 3 is 2.42 bits per heavy atom. The fourth-order valence-corrected chi connectivity index (χ4v) is 7.28. The van der Waals surface area contributed by atoms with Crippen LogP contribution in [0.4, 0.5) is 18.9 Å². The molecule has 3 aromatic carbocycles. The molecular formula is C34H36F3N3O3S2. The topological polar surface area (TPSA) is 54.9 Å². The highest BCUT2D eigenvalue weighted by Crippen LogP contribution is 2.36. The summed E-state index contributed by atoms with van der Waals surface area (Å²) in [5, 5.41) is 0.714. The number of carbonyl (C=O) groups excluding carboxylic acids is 1. The number of esters is 1. The highest BCUT2D eigenvalue weighted by atomic mass is 32.2. The summed E-state index contributed by atoms with van der Waals surface area (Å²) in [7, 11) is 0. The van der Waals surface area contributed by atoms with Crippen LogP contribution < -0.4 is 9.64 Å². The predicted octanol–water partition coefficient (Wildman–Crippen LogP) is 8.00. The molecule has 238 valence electrons. The number of anilines is 1. The zero-order chi connectivity index (χ0) is 32.0. The molecule has 0 atom stereocenters. The number of ether oxygens (including phenoxy) is 2. The van der Waals surface area contributed by atoms with Crippen LogP contribution in [0.5, 0.6) is 5.75 Å². The molecule has 0 amide bonds. The first kappa shape index (κ1) is 32.8. The number of aromatic nitrogens is 1. The minimum absolute atomic E-state index is 0.141. The van der Waals surface area contributed by atoms with Gasteiger partial charge in [0.1, 0.15) is 10.8 Å². The summed E-state index contributed by atoms with van der Waals surface area (Å²) in [4.78, 5) is 23.6. The van der Waals surface area contributed by atoms with E-state index >= 15 is 0 Å². The normalized spacial score (nSPS) is 14.0. The number of hydrogen-bond acceptors (Lipinski definition) is 8. The van der Waals surface area contributed by atoms with Crippen LogP contribution in [0.2, 0.25) is 0 Å². The second kappa shape index (κ2) is 14.7. The van der Waals surface area contributed by atoms with Gasteiger partial charge in [-0.3, -0.25) is 4.90 Å². The number of thioether (sulfide) groups is 1. The average Bonchev–Trinajstić information content (AvgIpc) is 3.42. The van der Waals surface area contributed by atoms with Gasteiger partial charge in [-0.25, -0.2) is 9.78 Å². The molecule has 2 heterocycles. The number of carbonyl (C=O) groups is 1. The Bertz CT molecular complexity index is 1600. The molecule has 5 rings (SSSR count). The number of aryl methyl sites for hydroxylation is 2. The van der Waals surface area contributed by atoms with Crippen LogP contribution in [0, 0.1) is 13.8 Å².